The summed E-state index contributed by atoms with van der Waals surface area (Å²) in [5.74, 6) is 0.448. The summed E-state index contributed by atoms with van der Waals surface area (Å²) in [7, 11) is 0. The molecule has 0 aliphatic rings. The number of rotatable bonds is 5. The minimum absolute atomic E-state index is 0.448. The second kappa shape index (κ2) is 5.09. The zero-order valence-electron chi connectivity index (χ0n) is 11.7. The average Bonchev–Trinajstić information content (AvgIpc) is 2.71. The summed E-state index contributed by atoms with van der Waals surface area (Å²) in [6, 6.07) is 3.79. The predicted octanol–water partition coefficient (Wildman–Crippen LogP) is 2.35. The number of aromatic nitrogens is 2. The summed E-state index contributed by atoms with van der Waals surface area (Å²) in [6.45, 7) is 6.50. The second-order valence-electron chi connectivity index (χ2n) is 5.85. The summed E-state index contributed by atoms with van der Waals surface area (Å²) in [5.41, 5.74) is 7.66. The highest BCUT2D eigenvalue weighted by molar-refractivity contribution is 5.88. The number of benzene rings is 1. The molecule has 1 atom stereocenters. The van der Waals surface area contributed by atoms with Crippen LogP contribution < -0.4 is 11.1 Å². The van der Waals surface area contributed by atoms with Crippen molar-refractivity contribution in [3.63, 3.8) is 0 Å². The number of fused-ring (bicyclic) bond motifs is 1. The smallest absolute Gasteiger partial charge is 0.0793 e. The van der Waals surface area contributed by atoms with Crippen LogP contribution in [0.4, 0.5) is 11.4 Å². The van der Waals surface area contributed by atoms with E-state index in [1.165, 1.54) is 0 Å². The van der Waals surface area contributed by atoms with Crippen molar-refractivity contribution in [2.24, 2.45) is 5.92 Å². The molecule has 0 saturated heterocycles. The summed E-state index contributed by atoms with van der Waals surface area (Å²) in [6.07, 6.45) is 2.48. The normalized spacial score (nSPS) is 14.8. The second-order valence-corrected chi connectivity index (χ2v) is 5.85. The lowest BCUT2D eigenvalue weighted by molar-refractivity contribution is 0.0516. The van der Waals surface area contributed by atoms with Crippen LogP contribution in [0.15, 0.2) is 18.3 Å². The van der Waals surface area contributed by atoms with Gasteiger partial charge >= 0.3 is 0 Å². The van der Waals surface area contributed by atoms with E-state index in [2.05, 4.69) is 29.4 Å². The lowest BCUT2D eigenvalue weighted by Crippen LogP contribution is -2.35. The van der Waals surface area contributed by atoms with E-state index in [0.717, 1.165) is 23.0 Å². The Kier molecular flexibility index (Phi) is 3.66. The molecule has 1 heterocycles. The maximum absolute atomic E-state index is 10.3. The lowest BCUT2D eigenvalue weighted by Gasteiger charge is -2.26. The van der Waals surface area contributed by atoms with Crippen molar-refractivity contribution in [2.75, 3.05) is 17.6 Å². The van der Waals surface area contributed by atoms with Crippen molar-refractivity contribution in [3.8, 4) is 0 Å². The molecule has 1 aromatic carbocycles. The van der Waals surface area contributed by atoms with E-state index < -0.39 is 5.60 Å². The van der Waals surface area contributed by atoms with Crippen molar-refractivity contribution in [2.45, 2.75) is 32.8 Å². The minimum Gasteiger partial charge on any atom is -0.397 e. The van der Waals surface area contributed by atoms with E-state index >= 15 is 0 Å². The quantitative estimate of drug-likeness (QED) is 0.623. The number of nitrogen functional groups attached to an aromatic ring is 1. The molecule has 2 aromatic rings. The monoisotopic (exact) mass is 262 g/mol. The molecule has 5 heteroatoms. The first-order valence-electron chi connectivity index (χ1n) is 6.56. The zero-order chi connectivity index (χ0) is 14.0. The zero-order valence-corrected chi connectivity index (χ0v) is 11.7. The third-order valence-corrected chi connectivity index (χ3v) is 3.12. The van der Waals surface area contributed by atoms with Gasteiger partial charge in [-0.05, 0) is 31.4 Å². The summed E-state index contributed by atoms with van der Waals surface area (Å²) < 4.78 is 0. The molecular weight excluding hydrogens is 240 g/mol. The van der Waals surface area contributed by atoms with E-state index in [4.69, 9.17) is 5.73 Å². The fraction of sp³-hybridized carbons (Fsp3) is 0.500. The molecule has 0 aliphatic heterocycles. The highest BCUT2D eigenvalue weighted by Crippen LogP contribution is 2.26. The Morgan fingerprint density at radius 2 is 2.21 bits per heavy atom. The maximum Gasteiger partial charge on any atom is 0.0793 e. The molecule has 1 unspecified atom stereocenters. The molecule has 0 fully saturated rings. The number of nitrogens with two attached hydrogens (primary N) is 1. The highest BCUT2D eigenvalue weighted by Gasteiger charge is 2.21. The van der Waals surface area contributed by atoms with Crippen LogP contribution in [-0.2, 0) is 0 Å². The maximum atomic E-state index is 10.3. The summed E-state index contributed by atoms with van der Waals surface area (Å²) in [5, 5.41) is 21.4. The Morgan fingerprint density at radius 1 is 1.47 bits per heavy atom. The molecule has 0 aliphatic carbocycles. The SMILES string of the molecule is CC(C)CC(C)(O)CNc1cc2[nH]ncc2cc1N. The van der Waals surface area contributed by atoms with Crippen LogP contribution in [0.2, 0.25) is 0 Å². The van der Waals surface area contributed by atoms with Crippen molar-refractivity contribution >= 4 is 22.3 Å². The Hall–Kier alpha value is -1.75. The van der Waals surface area contributed by atoms with Gasteiger partial charge in [-0.1, -0.05) is 13.8 Å². The van der Waals surface area contributed by atoms with Crippen LogP contribution in [0.1, 0.15) is 27.2 Å². The predicted molar refractivity (Wildman–Crippen MR) is 79.1 cm³/mol. The first kappa shape index (κ1) is 13.7. The number of aliphatic hydroxyl groups is 1. The van der Waals surface area contributed by atoms with Crippen LogP contribution in [0.25, 0.3) is 10.9 Å². The summed E-state index contributed by atoms with van der Waals surface area (Å²) in [4.78, 5) is 0. The fourth-order valence-corrected chi connectivity index (χ4v) is 2.40. The van der Waals surface area contributed by atoms with Gasteiger partial charge in [0.15, 0.2) is 0 Å². The largest absolute Gasteiger partial charge is 0.397 e. The van der Waals surface area contributed by atoms with Crippen molar-refractivity contribution in [1.29, 1.82) is 0 Å². The van der Waals surface area contributed by atoms with Crippen molar-refractivity contribution in [3.05, 3.63) is 18.3 Å². The molecule has 5 N–H and O–H groups in total. The Labute approximate surface area is 113 Å². The number of aromatic amines is 1. The first-order chi connectivity index (χ1) is 8.87. The molecule has 0 amide bonds. The average molecular weight is 262 g/mol. The molecule has 0 radical (unpaired) electrons. The van der Waals surface area contributed by atoms with Gasteiger partial charge in [0, 0.05) is 11.9 Å². The van der Waals surface area contributed by atoms with Gasteiger partial charge in [0.05, 0.1) is 28.7 Å². The number of hydrogen-bond donors (Lipinski definition) is 4. The Balaban J connectivity index is 2.10. The van der Waals surface area contributed by atoms with Gasteiger partial charge in [-0.15, -0.1) is 0 Å². The topological polar surface area (TPSA) is 87.0 Å². The van der Waals surface area contributed by atoms with E-state index in [1.54, 1.807) is 6.20 Å². The molecule has 0 bridgehead atoms. The van der Waals surface area contributed by atoms with Crippen molar-refractivity contribution in [1.82, 2.24) is 10.2 Å². The van der Waals surface area contributed by atoms with Gasteiger partial charge in [0.1, 0.15) is 0 Å². The van der Waals surface area contributed by atoms with Gasteiger partial charge in [-0.3, -0.25) is 5.10 Å². The third-order valence-electron chi connectivity index (χ3n) is 3.12. The van der Waals surface area contributed by atoms with E-state index in [1.807, 2.05) is 19.1 Å². The lowest BCUT2D eigenvalue weighted by atomic mass is 9.94. The standard InChI is InChI=1S/C14H22N4O/c1-9(2)6-14(3,19)8-16-13-5-12-10(4-11(13)15)7-17-18-12/h4-5,7,9,16,19H,6,8,15H2,1-3H3,(H,17,18). The number of anilines is 2. The van der Waals surface area contributed by atoms with E-state index in [0.29, 0.717) is 18.2 Å². The molecule has 0 spiro atoms. The molecule has 104 valence electrons. The number of H-pyrrole nitrogens is 1. The van der Waals surface area contributed by atoms with E-state index in [-0.39, 0.29) is 0 Å². The molecule has 0 saturated carbocycles. The van der Waals surface area contributed by atoms with Gasteiger partial charge in [-0.2, -0.15) is 5.10 Å². The minimum atomic E-state index is -0.746. The molecule has 2 rings (SSSR count). The highest BCUT2D eigenvalue weighted by atomic mass is 16.3. The van der Waals surface area contributed by atoms with Crippen LogP contribution in [-0.4, -0.2) is 27.4 Å². The van der Waals surface area contributed by atoms with Gasteiger partial charge < -0.3 is 16.2 Å². The van der Waals surface area contributed by atoms with Crippen molar-refractivity contribution < 1.29 is 5.11 Å². The van der Waals surface area contributed by atoms with Gasteiger partial charge in [0.25, 0.3) is 0 Å². The fourth-order valence-electron chi connectivity index (χ4n) is 2.40. The van der Waals surface area contributed by atoms with Gasteiger partial charge in [0.2, 0.25) is 0 Å². The number of nitrogens with one attached hydrogen (secondary N) is 2. The Morgan fingerprint density at radius 3 is 2.89 bits per heavy atom. The molecular formula is C14H22N4O. The van der Waals surface area contributed by atoms with Crippen LogP contribution in [0.3, 0.4) is 0 Å². The van der Waals surface area contributed by atoms with E-state index in [9.17, 15) is 5.11 Å². The van der Waals surface area contributed by atoms with Crippen LogP contribution >= 0.6 is 0 Å². The summed E-state index contributed by atoms with van der Waals surface area (Å²) >= 11 is 0. The Bertz CT molecular complexity index is 560. The molecule has 19 heavy (non-hydrogen) atoms. The number of nitrogens with zero attached hydrogens (tertiary/aromatic N) is 1. The first-order valence-corrected chi connectivity index (χ1v) is 6.56. The molecule has 1 aromatic heterocycles. The molecule has 5 nitrogen and oxygen atoms in total. The third kappa shape index (κ3) is 3.38. The van der Waals surface area contributed by atoms with Gasteiger partial charge in [-0.25, -0.2) is 0 Å². The van der Waals surface area contributed by atoms with Crippen LogP contribution in [0.5, 0.6) is 0 Å². The number of hydrogen-bond acceptors (Lipinski definition) is 4. The van der Waals surface area contributed by atoms with Crippen LogP contribution in [0, 0.1) is 5.92 Å².